The van der Waals surface area contributed by atoms with Crippen molar-refractivity contribution in [3.8, 4) is 11.8 Å². The Kier molecular flexibility index (Phi) is 6.29. The Labute approximate surface area is 168 Å². The van der Waals surface area contributed by atoms with Crippen LogP contribution in [0.4, 0.5) is 14.9 Å². The lowest BCUT2D eigenvalue weighted by molar-refractivity contribution is -0.139. The largest absolute Gasteiger partial charge is 0.481 e. The van der Waals surface area contributed by atoms with Crippen LogP contribution in [0.2, 0.25) is 0 Å². The second-order valence-electron chi connectivity index (χ2n) is 6.65. The number of anilines is 1. The van der Waals surface area contributed by atoms with Crippen molar-refractivity contribution in [2.45, 2.75) is 13.0 Å². The summed E-state index contributed by atoms with van der Waals surface area (Å²) in [4.78, 5) is 28.2. The number of halogens is 1. The van der Waals surface area contributed by atoms with Crippen molar-refractivity contribution < 1.29 is 18.7 Å². The molecule has 1 aliphatic rings. The molecule has 1 atom stereocenters. The van der Waals surface area contributed by atoms with E-state index in [2.05, 4.69) is 5.32 Å². The molecular weight excluding hydrogens is 375 g/mol. The third kappa shape index (κ3) is 5.23. The normalized spacial score (nSPS) is 14.7. The molecule has 0 aromatic heterocycles. The first kappa shape index (κ1) is 20.1. The van der Waals surface area contributed by atoms with Gasteiger partial charge in [-0.2, -0.15) is 5.26 Å². The van der Waals surface area contributed by atoms with Gasteiger partial charge in [0.1, 0.15) is 11.6 Å². The van der Waals surface area contributed by atoms with Crippen LogP contribution in [0.25, 0.3) is 0 Å². The SMILES string of the molecule is CC(Oc1ccc(C#N)cc1)C(=O)N1CCN(C(=O)Nc2ccc(F)cc2)CC1. The molecule has 8 heteroatoms. The minimum Gasteiger partial charge on any atom is -0.481 e. The molecule has 1 saturated heterocycles. The molecule has 0 spiro atoms. The lowest BCUT2D eigenvalue weighted by Gasteiger charge is -2.35. The Morgan fingerprint density at radius 3 is 2.21 bits per heavy atom. The molecule has 1 fully saturated rings. The molecule has 29 heavy (non-hydrogen) atoms. The summed E-state index contributed by atoms with van der Waals surface area (Å²) in [5.41, 5.74) is 1.03. The quantitative estimate of drug-likeness (QED) is 0.861. The van der Waals surface area contributed by atoms with E-state index in [0.29, 0.717) is 43.2 Å². The number of amides is 3. The second-order valence-corrected chi connectivity index (χ2v) is 6.65. The first-order valence-electron chi connectivity index (χ1n) is 9.23. The summed E-state index contributed by atoms with van der Waals surface area (Å²) in [7, 11) is 0. The first-order valence-corrected chi connectivity index (χ1v) is 9.23. The number of urea groups is 1. The second kappa shape index (κ2) is 9.06. The molecule has 1 unspecified atom stereocenters. The lowest BCUT2D eigenvalue weighted by atomic mass is 10.2. The zero-order chi connectivity index (χ0) is 20.8. The van der Waals surface area contributed by atoms with Gasteiger partial charge in [0.2, 0.25) is 0 Å². The molecule has 1 N–H and O–H groups in total. The van der Waals surface area contributed by atoms with Crippen molar-refractivity contribution >= 4 is 17.6 Å². The molecule has 2 aromatic carbocycles. The van der Waals surface area contributed by atoms with E-state index in [-0.39, 0.29) is 17.8 Å². The minimum absolute atomic E-state index is 0.159. The number of nitrogens with zero attached hydrogens (tertiary/aromatic N) is 3. The Morgan fingerprint density at radius 1 is 1.03 bits per heavy atom. The zero-order valence-electron chi connectivity index (χ0n) is 16.0. The van der Waals surface area contributed by atoms with Gasteiger partial charge in [-0.3, -0.25) is 4.79 Å². The predicted molar refractivity (Wildman–Crippen MR) is 105 cm³/mol. The van der Waals surface area contributed by atoms with E-state index in [1.165, 1.54) is 24.3 Å². The van der Waals surface area contributed by atoms with Crippen molar-refractivity contribution in [1.29, 1.82) is 5.26 Å². The van der Waals surface area contributed by atoms with Gasteiger partial charge in [-0.25, -0.2) is 9.18 Å². The smallest absolute Gasteiger partial charge is 0.321 e. The van der Waals surface area contributed by atoms with Crippen LogP contribution >= 0.6 is 0 Å². The van der Waals surface area contributed by atoms with Crippen LogP contribution in [0.1, 0.15) is 12.5 Å². The summed E-state index contributed by atoms with van der Waals surface area (Å²) in [5, 5.41) is 11.5. The average Bonchev–Trinajstić information content (AvgIpc) is 2.75. The van der Waals surface area contributed by atoms with E-state index in [1.807, 2.05) is 6.07 Å². The van der Waals surface area contributed by atoms with Crippen LogP contribution in [0.5, 0.6) is 5.75 Å². The fourth-order valence-electron chi connectivity index (χ4n) is 2.99. The minimum atomic E-state index is -0.678. The zero-order valence-corrected chi connectivity index (χ0v) is 16.0. The highest BCUT2D eigenvalue weighted by Crippen LogP contribution is 2.16. The fourth-order valence-corrected chi connectivity index (χ4v) is 2.99. The van der Waals surface area contributed by atoms with Gasteiger partial charge in [-0.1, -0.05) is 0 Å². The molecule has 3 amide bonds. The van der Waals surface area contributed by atoms with Crippen molar-refractivity contribution in [3.05, 3.63) is 59.9 Å². The number of rotatable bonds is 4. The molecule has 0 bridgehead atoms. The molecule has 0 aliphatic carbocycles. The number of carbonyl (C=O) groups is 2. The number of nitrogens with one attached hydrogen (secondary N) is 1. The monoisotopic (exact) mass is 396 g/mol. The molecular formula is C21H21FN4O3. The summed E-state index contributed by atoms with van der Waals surface area (Å²) >= 11 is 0. The van der Waals surface area contributed by atoms with Crippen molar-refractivity contribution in [2.24, 2.45) is 0 Å². The third-order valence-electron chi connectivity index (χ3n) is 4.62. The van der Waals surface area contributed by atoms with Gasteiger partial charge < -0.3 is 19.9 Å². The summed E-state index contributed by atoms with van der Waals surface area (Å²) in [6.45, 7) is 3.26. The average molecular weight is 396 g/mol. The van der Waals surface area contributed by atoms with Gasteiger partial charge in [-0.15, -0.1) is 0 Å². The number of ether oxygens (including phenoxy) is 1. The maximum Gasteiger partial charge on any atom is 0.321 e. The molecule has 150 valence electrons. The van der Waals surface area contributed by atoms with Crippen LogP contribution in [0.3, 0.4) is 0 Å². The van der Waals surface area contributed by atoms with E-state index < -0.39 is 6.10 Å². The van der Waals surface area contributed by atoms with Gasteiger partial charge in [0.05, 0.1) is 11.6 Å². The number of hydrogen-bond donors (Lipinski definition) is 1. The summed E-state index contributed by atoms with van der Waals surface area (Å²) < 4.78 is 18.6. The Morgan fingerprint density at radius 2 is 1.62 bits per heavy atom. The van der Waals surface area contributed by atoms with E-state index >= 15 is 0 Å². The lowest BCUT2D eigenvalue weighted by Crippen LogP contribution is -2.54. The number of nitriles is 1. The summed E-state index contributed by atoms with van der Waals surface area (Å²) in [5.74, 6) is -0.0115. The van der Waals surface area contributed by atoms with Crippen LogP contribution in [-0.2, 0) is 4.79 Å². The van der Waals surface area contributed by atoms with Crippen LogP contribution in [-0.4, -0.2) is 54.0 Å². The maximum absolute atomic E-state index is 13.0. The molecule has 1 heterocycles. The van der Waals surface area contributed by atoms with Crippen molar-refractivity contribution in [1.82, 2.24) is 9.80 Å². The molecule has 1 aliphatic heterocycles. The van der Waals surface area contributed by atoms with Crippen LogP contribution in [0.15, 0.2) is 48.5 Å². The highest BCUT2D eigenvalue weighted by molar-refractivity contribution is 5.89. The summed E-state index contributed by atoms with van der Waals surface area (Å²) in [6.07, 6.45) is -0.678. The van der Waals surface area contributed by atoms with Gasteiger partial charge in [-0.05, 0) is 55.5 Å². The highest BCUT2D eigenvalue weighted by atomic mass is 19.1. The molecule has 7 nitrogen and oxygen atoms in total. The van der Waals surface area contributed by atoms with Crippen LogP contribution in [0, 0.1) is 17.1 Å². The number of hydrogen-bond acceptors (Lipinski definition) is 4. The van der Waals surface area contributed by atoms with E-state index in [9.17, 15) is 14.0 Å². The number of benzene rings is 2. The topological polar surface area (TPSA) is 85.7 Å². The third-order valence-corrected chi connectivity index (χ3v) is 4.62. The molecule has 2 aromatic rings. The van der Waals surface area contributed by atoms with Gasteiger partial charge >= 0.3 is 6.03 Å². The van der Waals surface area contributed by atoms with E-state index in [0.717, 1.165) is 0 Å². The van der Waals surface area contributed by atoms with Gasteiger partial charge in [0, 0.05) is 31.9 Å². The predicted octanol–water partition coefficient (Wildman–Crippen LogP) is 2.84. The van der Waals surface area contributed by atoms with Gasteiger partial charge in [0.15, 0.2) is 6.10 Å². The number of carbonyl (C=O) groups excluding carboxylic acids is 2. The van der Waals surface area contributed by atoms with E-state index in [4.69, 9.17) is 10.00 Å². The van der Waals surface area contributed by atoms with E-state index in [1.54, 1.807) is 41.0 Å². The molecule has 0 saturated carbocycles. The first-order chi connectivity index (χ1) is 14.0. The summed E-state index contributed by atoms with van der Waals surface area (Å²) in [6, 6.07) is 13.9. The Hall–Kier alpha value is -3.60. The van der Waals surface area contributed by atoms with Crippen molar-refractivity contribution in [2.75, 3.05) is 31.5 Å². The fraction of sp³-hybridized carbons (Fsp3) is 0.286. The van der Waals surface area contributed by atoms with Crippen molar-refractivity contribution in [3.63, 3.8) is 0 Å². The maximum atomic E-state index is 13.0. The molecule has 0 radical (unpaired) electrons. The molecule has 3 rings (SSSR count). The van der Waals surface area contributed by atoms with Gasteiger partial charge in [0.25, 0.3) is 5.91 Å². The standard InChI is InChI=1S/C21H21FN4O3/c1-15(29-19-8-2-16(14-23)3-9-19)20(27)25-10-12-26(13-11-25)21(28)24-18-6-4-17(22)5-7-18/h2-9,15H,10-13H2,1H3,(H,24,28). The number of piperazine rings is 1. The highest BCUT2D eigenvalue weighted by Gasteiger charge is 2.28. The Balaban J connectivity index is 1.48. The van der Waals surface area contributed by atoms with Crippen LogP contribution < -0.4 is 10.1 Å². The Bertz CT molecular complexity index is 901.